The Kier molecular flexibility index (Phi) is 3.93. The van der Waals surface area contributed by atoms with E-state index in [0.717, 1.165) is 12.3 Å². The van der Waals surface area contributed by atoms with Gasteiger partial charge in [-0.3, -0.25) is 4.98 Å². The van der Waals surface area contributed by atoms with Gasteiger partial charge in [-0.1, -0.05) is 0 Å². The van der Waals surface area contributed by atoms with E-state index >= 15 is 0 Å². The molecule has 0 aliphatic heterocycles. The SMILES string of the molecule is CNc1ncc(-c2ccc(C(F)(F)F)c3[nH]c(=O)oc23)nc1C(F)F. The van der Waals surface area contributed by atoms with Crippen LogP contribution in [0.4, 0.5) is 27.8 Å². The Morgan fingerprint density at radius 2 is 2.00 bits per heavy atom. The number of oxazole rings is 1. The number of alkyl halides is 5. The minimum Gasteiger partial charge on any atom is -0.407 e. The molecule has 2 N–H and O–H groups in total. The van der Waals surface area contributed by atoms with Crippen LogP contribution in [0, 0.1) is 0 Å². The molecule has 3 aromatic rings. The molecule has 0 bridgehead atoms. The molecule has 11 heteroatoms. The number of fused-ring (bicyclic) bond motifs is 1. The number of aromatic nitrogens is 3. The molecule has 0 unspecified atom stereocenters. The molecule has 0 radical (unpaired) electrons. The first-order valence-electron chi connectivity index (χ1n) is 6.78. The number of anilines is 1. The minimum absolute atomic E-state index is 0.0709. The fourth-order valence-electron chi connectivity index (χ4n) is 2.35. The van der Waals surface area contributed by atoms with Crippen LogP contribution in [0.2, 0.25) is 0 Å². The lowest BCUT2D eigenvalue weighted by molar-refractivity contribution is -0.136. The van der Waals surface area contributed by atoms with Gasteiger partial charge in [-0.25, -0.2) is 23.5 Å². The van der Waals surface area contributed by atoms with E-state index in [1.807, 2.05) is 4.98 Å². The topological polar surface area (TPSA) is 83.8 Å². The van der Waals surface area contributed by atoms with E-state index in [2.05, 4.69) is 15.3 Å². The molecular formula is C14H9F5N4O2. The maximum atomic E-state index is 13.1. The highest BCUT2D eigenvalue weighted by Gasteiger charge is 2.35. The molecular weight excluding hydrogens is 351 g/mol. The van der Waals surface area contributed by atoms with Crippen LogP contribution in [0.3, 0.4) is 0 Å². The predicted molar refractivity (Wildman–Crippen MR) is 77.4 cm³/mol. The largest absolute Gasteiger partial charge is 0.418 e. The van der Waals surface area contributed by atoms with Gasteiger partial charge in [-0.05, 0) is 12.1 Å². The normalized spacial score (nSPS) is 12.1. The third-order valence-corrected chi connectivity index (χ3v) is 3.40. The smallest absolute Gasteiger partial charge is 0.407 e. The van der Waals surface area contributed by atoms with E-state index in [4.69, 9.17) is 4.42 Å². The fourth-order valence-corrected chi connectivity index (χ4v) is 2.35. The van der Waals surface area contributed by atoms with Crippen molar-refractivity contribution in [3.63, 3.8) is 0 Å². The monoisotopic (exact) mass is 360 g/mol. The third kappa shape index (κ3) is 2.92. The van der Waals surface area contributed by atoms with E-state index in [-0.39, 0.29) is 17.1 Å². The van der Waals surface area contributed by atoms with Crippen LogP contribution in [0.5, 0.6) is 0 Å². The second kappa shape index (κ2) is 5.83. The Balaban J connectivity index is 2.27. The highest BCUT2D eigenvalue weighted by atomic mass is 19.4. The van der Waals surface area contributed by atoms with Gasteiger partial charge in [0.2, 0.25) is 0 Å². The first kappa shape index (κ1) is 16.9. The van der Waals surface area contributed by atoms with Crippen molar-refractivity contribution >= 4 is 16.9 Å². The molecule has 0 atom stereocenters. The van der Waals surface area contributed by atoms with E-state index in [1.54, 1.807) is 0 Å². The number of H-pyrrole nitrogens is 1. The highest BCUT2D eigenvalue weighted by Crippen LogP contribution is 2.37. The first-order valence-corrected chi connectivity index (χ1v) is 6.78. The first-order chi connectivity index (χ1) is 11.7. The zero-order valence-electron chi connectivity index (χ0n) is 12.4. The molecule has 132 valence electrons. The van der Waals surface area contributed by atoms with Crippen molar-refractivity contribution in [2.24, 2.45) is 0 Å². The quantitative estimate of drug-likeness (QED) is 0.698. The van der Waals surface area contributed by atoms with Gasteiger partial charge in [-0.15, -0.1) is 0 Å². The maximum Gasteiger partial charge on any atom is 0.418 e. The Labute approximate surface area is 135 Å². The molecule has 3 rings (SSSR count). The third-order valence-electron chi connectivity index (χ3n) is 3.40. The molecule has 25 heavy (non-hydrogen) atoms. The Hall–Kier alpha value is -2.98. The molecule has 0 saturated carbocycles. The van der Waals surface area contributed by atoms with Crippen LogP contribution >= 0.6 is 0 Å². The maximum absolute atomic E-state index is 13.1. The van der Waals surface area contributed by atoms with Crippen molar-refractivity contribution in [1.82, 2.24) is 15.0 Å². The van der Waals surface area contributed by atoms with Crippen molar-refractivity contribution in [1.29, 1.82) is 0 Å². The molecule has 0 fully saturated rings. The van der Waals surface area contributed by atoms with Gasteiger partial charge in [0.1, 0.15) is 11.2 Å². The van der Waals surface area contributed by atoms with Crippen LogP contribution < -0.4 is 11.1 Å². The predicted octanol–water partition coefficient (Wildman–Crippen LogP) is 3.58. The Morgan fingerprint density at radius 3 is 2.60 bits per heavy atom. The molecule has 1 aromatic carbocycles. The lowest BCUT2D eigenvalue weighted by Crippen LogP contribution is -2.07. The average Bonchev–Trinajstić information content (AvgIpc) is 2.93. The summed E-state index contributed by atoms with van der Waals surface area (Å²) in [7, 11) is 1.37. The highest BCUT2D eigenvalue weighted by molar-refractivity contribution is 5.91. The van der Waals surface area contributed by atoms with Crippen LogP contribution in [0.1, 0.15) is 17.7 Å². The molecule has 2 heterocycles. The number of benzene rings is 1. The number of rotatable bonds is 3. The standard InChI is InChI=1S/C14H9F5N4O2/c1-20-12-9(11(15)16)22-7(4-21-12)5-2-3-6(14(17,18)19)8-10(5)25-13(24)23-8/h2-4,11H,1H3,(H,20,21)(H,23,24). The summed E-state index contributed by atoms with van der Waals surface area (Å²) in [5.41, 5.74) is -3.05. The lowest BCUT2D eigenvalue weighted by Gasteiger charge is -2.11. The van der Waals surface area contributed by atoms with Gasteiger partial charge >= 0.3 is 11.9 Å². The van der Waals surface area contributed by atoms with Crippen LogP contribution in [0.15, 0.2) is 27.5 Å². The molecule has 0 aliphatic carbocycles. The number of nitrogens with one attached hydrogen (secondary N) is 2. The zero-order chi connectivity index (χ0) is 18.4. The number of nitrogens with zero attached hydrogens (tertiary/aromatic N) is 2. The zero-order valence-corrected chi connectivity index (χ0v) is 12.4. The van der Waals surface area contributed by atoms with E-state index in [0.29, 0.717) is 6.07 Å². The summed E-state index contributed by atoms with van der Waals surface area (Å²) in [4.78, 5) is 20.8. The van der Waals surface area contributed by atoms with E-state index in [9.17, 15) is 26.7 Å². The summed E-state index contributed by atoms with van der Waals surface area (Å²) in [6.45, 7) is 0. The van der Waals surface area contributed by atoms with Crippen molar-refractivity contribution in [2.45, 2.75) is 12.6 Å². The number of halogens is 5. The van der Waals surface area contributed by atoms with Gasteiger partial charge in [0.25, 0.3) is 6.43 Å². The summed E-state index contributed by atoms with van der Waals surface area (Å²) in [5, 5.41) is 2.44. The lowest BCUT2D eigenvalue weighted by atomic mass is 10.1. The van der Waals surface area contributed by atoms with E-state index < -0.39 is 40.7 Å². The van der Waals surface area contributed by atoms with Crippen LogP contribution in [-0.2, 0) is 6.18 Å². The molecule has 2 aromatic heterocycles. The van der Waals surface area contributed by atoms with Gasteiger partial charge in [0.05, 0.1) is 17.5 Å². The van der Waals surface area contributed by atoms with Crippen LogP contribution in [-0.4, -0.2) is 22.0 Å². The van der Waals surface area contributed by atoms with Gasteiger partial charge < -0.3 is 9.73 Å². The summed E-state index contributed by atoms with van der Waals surface area (Å²) < 4.78 is 70.0. The second-order valence-corrected chi connectivity index (χ2v) is 4.92. The number of aromatic amines is 1. The summed E-state index contributed by atoms with van der Waals surface area (Å²) in [6, 6.07) is 1.69. The van der Waals surface area contributed by atoms with Gasteiger partial charge in [0.15, 0.2) is 11.4 Å². The average molecular weight is 360 g/mol. The van der Waals surface area contributed by atoms with Crippen molar-refractivity contribution in [3.8, 4) is 11.3 Å². The summed E-state index contributed by atoms with van der Waals surface area (Å²) >= 11 is 0. The fraction of sp³-hybridized carbons (Fsp3) is 0.214. The Morgan fingerprint density at radius 1 is 1.28 bits per heavy atom. The number of hydrogen-bond acceptors (Lipinski definition) is 5. The summed E-state index contributed by atoms with van der Waals surface area (Å²) in [5.74, 6) is -1.28. The van der Waals surface area contributed by atoms with Gasteiger partial charge in [-0.2, -0.15) is 13.2 Å². The molecule has 0 amide bonds. The minimum atomic E-state index is -4.74. The molecule has 0 spiro atoms. The molecule has 0 saturated heterocycles. The van der Waals surface area contributed by atoms with Crippen LogP contribution in [0.25, 0.3) is 22.4 Å². The van der Waals surface area contributed by atoms with Gasteiger partial charge in [0, 0.05) is 12.6 Å². The number of hydrogen-bond donors (Lipinski definition) is 2. The molecule has 6 nitrogen and oxygen atoms in total. The molecule has 0 aliphatic rings. The van der Waals surface area contributed by atoms with E-state index in [1.165, 1.54) is 7.05 Å². The summed E-state index contributed by atoms with van der Waals surface area (Å²) in [6.07, 6.45) is -6.61. The van der Waals surface area contributed by atoms with Crippen molar-refractivity contribution in [2.75, 3.05) is 12.4 Å². The second-order valence-electron chi connectivity index (χ2n) is 4.92. The van der Waals surface area contributed by atoms with Crippen molar-refractivity contribution < 1.29 is 26.4 Å². The van der Waals surface area contributed by atoms with Crippen molar-refractivity contribution in [3.05, 3.63) is 40.1 Å². The Bertz CT molecular complexity index is 993.